The monoisotopic (exact) mass is 280 g/mol. The van der Waals surface area contributed by atoms with Gasteiger partial charge in [0.2, 0.25) is 0 Å². The van der Waals surface area contributed by atoms with Crippen LogP contribution in [0.3, 0.4) is 0 Å². The predicted octanol–water partition coefficient (Wildman–Crippen LogP) is 2.97. The summed E-state index contributed by atoms with van der Waals surface area (Å²) in [6.45, 7) is 8.86. The highest BCUT2D eigenvalue weighted by molar-refractivity contribution is 8.00. The summed E-state index contributed by atoms with van der Waals surface area (Å²) < 4.78 is 0. The standard InChI is InChI=1S/C14H24N4S/c1-5-11-8-18(6-7-19-11)14-12(10(2)3)13(15-4)16-9-17-14/h9-11H,5-8H2,1-4H3,(H,15,16,17). The van der Waals surface area contributed by atoms with E-state index >= 15 is 0 Å². The van der Waals surface area contributed by atoms with Crippen molar-refractivity contribution in [2.45, 2.75) is 38.4 Å². The number of hydrogen-bond donors (Lipinski definition) is 1. The molecular formula is C14H24N4S. The van der Waals surface area contributed by atoms with Crippen LogP contribution in [0.15, 0.2) is 6.33 Å². The molecule has 0 aliphatic carbocycles. The number of thioether (sulfide) groups is 1. The molecule has 4 nitrogen and oxygen atoms in total. The van der Waals surface area contributed by atoms with Crippen molar-refractivity contribution in [2.24, 2.45) is 0 Å². The Morgan fingerprint density at radius 1 is 1.47 bits per heavy atom. The van der Waals surface area contributed by atoms with Crippen LogP contribution in [0, 0.1) is 0 Å². The van der Waals surface area contributed by atoms with E-state index < -0.39 is 0 Å². The first-order valence-corrected chi connectivity index (χ1v) is 8.11. The van der Waals surface area contributed by atoms with Crippen LogP contribution < -0.4 is 10.2 Å². The maximum absolute atomic E-state index is 4.57. The summed E-state index contributed by atoms with van der Waals surface area (Å²) in [4.78, 5) is 11.4. The van der Waals surface area contributed by atoms with Gasteiger partial charge in [0.05, 0.1) is 0 Å². The van der Waals surface area contributed by atoms with E-state index in [0.717, 1.165) is 30.0 Å². The van der Waals surface area contributed by atoms with E-state index in [4.69, 9.17) is 0 Å². The zero-order valence-corrected chi connectivity index (χ0v) is 13.1. The van der Waals surface area contributed by atoms with Crippen LogP contribution in [-0.2, 0) is 0 Å². The van der Waals surface area contributed by atoms with Gasteiger partial charge < -0.3 is 10.2 Å². The van der Waals surface area contributed by atoms with Crippen LogP contribution in [0.5, 0.6) is 0 Å². The molecule has 0 spiro atoms. The molecule has 1 fully saturated rings. The van der Waals surface area contributed by atoms with E-state index in [1.54, 1.807) is 6.33 Å². The summed E-state index contributed by atoms with van der Waals surface area (Å²) in [5, 5.41) is 3.92. The Hall–Kier alpha value is -0.970. The number of rotatable bonds is 4. The lowest BCUT2D eigenvalue weighted by atomic mass is 10.0. The summed E-state index contributed by atoms with van der Waals surface area (Å²) in [5.41, 5.74) is 1.24. The Bertz CT molecular complexity index is 422. The van der Waals surface area contributed by atoms with Gasteiger partial charge >= 0.3 is 0 Å². The average Bonchev–Trinajstić information content (AvgIpc) is 2.46. The molecule has 0 amide bonds. The third-order valence-electron chi connectivity index (χ3n) is 3.57. The molecule has 1 aliphatic heterocycles. The Morgan fingerprint density at radius 2 is 2.26 bits per heavy atom. The van der Waals surface area contributed by atoms with Crippen molar-refractivity contribution >= 4 is 23.4 Å². The largest absolute Gasteiger partial charge is 0.373 e. The summed E-state index contributed by atoms with van der Waals surface area (Å²) in [6, 6.07) is 0. The minimum Gasteiger partial charge on any atom is -0.373 e. The van der Waals surface area contributed by atoms with Crippen LogP contribution in [0.1, 0.15) is 38.7 Å². The molecule has 5 heteroatoms. The second-order valence-corrected chi connectivity index (χ2v) is 6.62. The summed E-state index contributed by atoms with van der Waals surface area (Å²) in [6.07, 6.45) is 2.90. The SMILES string of the molecule is CCC1CN(c2ncnc(NC)c2C(C)C)CCS1. The first-order valence-electron chi connectivity index (χ1n) is 7.06. The molecule has 1 aromatic heterocycles. The number of nitrogens with one attached hydrogen (secondary N) is 1. The van der Waals surface area contributed by atoms with Crippen LogP contribution in [0.4, 0.5) is 11.6 Å². The van der Waals surface area contributed by atoms with Crippen molar-refractivity contribution in [2.75, 3.05) is 36.1 Å². The molecule has 2 rings (SSSR count). The van der Waals surface area contributed by atoms with E-state index in [-0.39, 0.29) is 0 Å². The molecule has 0 saturated carbocycles. The van der Waals surface area contributed by atoms with Crippen LogP contribution in [0.25, 0.3) is 0 Å². The van der Waals surface area contributed by atoms with Gasteiger partial charge in [-0.1, -0.05) is 20.8 Å². The third-order valence-corrected chi connectivity index (χ3v) is 4.94. The highest BCUT2D eigenvalue weighted by Gasteiger charge is 2.24. The van der Waals surface area contributed by atoms with Gasteiger partial charge in [0.1, 0.15) is 18.0 Å². The van der Waals surface area contributed by atoms with E-state index in [1.165, 1.54) is 17.7 Å². The molecular weight excluding hydrogens is 256 g/mol. The van der Waals surface area contributed by atoms with Gasteiger partial charge in [0.15, 0.2) is 0 Å². The summed E-state index contributed by atoms with van der Waals surface area (Å²) in [7, 11) is 1.93. The number of anilines is 2. The average molecular weight is 280 g/mol. The molecule has 0 radical (unpaired) electrons. The number of aromatic nitrogens is 2. The van der Waals surface area contributed by atoms with Gasteiger partial charge in [0.25, 0.3) is 0 Å². The van der Waals surface area contributed by atoms with Gasteiger partial charge in [-0.05, 0) is 12.3 Å². The van der Waals surface area contributed by atoms with E-state index in [9.17, 15) is 0 Å². The molecule has 0 bridgehead atoms. The van der Waals surface area contributed by atoms with Crippen LogP contribution in [-0.4, -0.2) is 41.1 Å². The Balaban J connectivity index is 2.33. The molecule has 106 valence electrons. The molecule has 2 heterocycles. The van der Waals surface area contributed by atoms with Crippen LogP contribution >= 0.6 is 11.8 Å². The smallest absolute Gasteiger partial charge is 0.137 e. The van der Waals surface area contributed by atoms with E-state index in [0.29, 0.717) is 5.92 Å². The van der Waals surface area contributed by atoms with Crippen molar-refractivity contribution in [1.82, 2.24) is 9.97 Å². The predicted molar refractivity (Wildman–Crippen MR) is 84.4 cm³/mol. The van der Waals surface area contributed by atoms with Crippen molar-refractivity contribution < 1.29 is 0 Å². The van der Waals surface area contributed by atoms with Crippen molar-refractivity contribution in [1.29, 1.82) is 0 Å². The zero-order valence-electron chi connectivity index (χ0n) is 12.3. The molecule has 1 saturated heterocycles. The minimum absolute atomic E-state index is 0.424. The quantitative estimate of drug-likeness (QED) is 0.918. The molecule has 1 unspecified atom stereocenters. The molecule has 0 aromatic carbocycles. The summed E-state index contributed by atoms with van der Waals surface area (Å²) >= 11 is 2.09. The maximum Gasteiger partial charge on any atom is 0.137 e. The lowest BCUT2D eigenvalue weighted by Crippen LogP contribution is -2.39. The molecule has 1 aromatic rings. The fraction of sp³-hybridized carbons (Fsp3) is 0.714. The van der Waals surface area contributed by atoms with Gasteiger partial charge in [0, 0.05) is 36.7 Å². The third kappa shape index (κ3) is 3.14. The minimum atomic E-state index is 0.424. The normalized spacial score (nSPS) is 19.8. The maximum atomic E-state index is 4.57. The highest BCUT2D eigenvalue weighted by Crippen LogP contribution is 2.33. The first kappa shape index (κ1) is 14.4. The molecule has 19 heavy (non-hydrogen) atoms. The van der Waals surface area contributed by atoms with Gasteiger partial charge in [-0.25, -0.2) is 9.97 Å². The van der Waals surface area contributed by atoms with Crippen molar-refractivity contribution in [3.8, 4) is 0 Å². The number of hydrogen-bond acceptors (Lipinski definition) is 5. The lowest BCUT2D eigenvalue weighted by Gasteiger charge is -2.34. The van der Waals surface area contributed by atoms with Crippen molar-refractivity contribution in [3.63, 3.8) is 0 Å². The topological polar surface area (TPSA) is 41.1 Å². The fourth-order valence-electron chi connectivity index (χ4n) is 2.53. The molecule has 1 atom stereocenters. The fourth-order valence-corrected chi connectivity index (χ4v) is 3.71. The molecule has 1 N–H and O–H groups in total. The summed E-state index contributed by atoms with van der Waals surface area (Å²) in [5.74, 6) is 3.70. The van der Waals surface area contributed by atoms with Gasteiger partial charge in [-0.15, -0.1) is 0 Å². The Kier molecular flexibility index (Phi) is 4.91. The van der Waals surface area contributed by atoms with E-state index in [2.05, 4.69) is 52.7 Å². The Morgan fingerprint density at radius 3 is 2.89 bits per heavy atom. The van der Waals surface area contributed by atoms with Crippen LogP contribution in [0.2, 0.25) is 0 Å². The number of nitrogens with zero attached hydrogens (tertiary/aromatic N) is 3. The Labute approximate surface area is 120 Å². The second-order valence-electron chi connectivity index (χ2n) is 5.21. The van der Waals surface area contributed by atoms with Crippen molar-refractivity contribution in [3.05, 3.63) is 11.9 Å². The van der Waals surface area contributed by atoms with Gasteiger partial charge in [-0.3, -0.25) is 0 Å². The highest BCUT2D eigenvalue weighted by atomic mass is 32.2. The van der Waals surface area contributed by atoms with E-state index in [1.807, 2.05) is 7.05 Å². The van der Waals surface area contributed by atoms with Gasteiger partial charge in [-0.2, -0.15) is 11.8 Å². The second kappa shape index (κ2) is 6.46. The zero-order chi connectivity index (χ0) is 13.8. The first-order chi connectivity index (χ1) is 9.17. The molecule has 1 aliphatic rings. The lowest BCUT2D eigenvalue weighted by molar-refractivity contribution is 0.707.